The predicted octanol–water partition coefficient (Wildman–Crippen LogP) is 5.04. The summed E-state index contributed by atoms with van der Waals surface area (Å²) in [4.78, 5) is 27.6. The number of anilines is 1. The Kier molecular flexibility index (Phi) is 11.1. The summed E-state index contributed by atoms with van der Waals surface area (Å²) >= 11 is 12.4. The van der Waals surface area contributed by atoms with Crippen LogP contribution in [-0.2, 0) is 26.2 Å². The van der Waals surface area contributed by atoms with Crippen molar-refractivity contribution in [2.75, 3.05) is 23.7 Å². The Hall–Kier alpha value is -2.29. The van der Waals surface area contributed by atoms with Crippen LogP contribution >= 0.6 is 23.2 Å². The molecular formula is C26H35Cl2N3O4S. The van der Waals surface area contributed by atoms with Crippen molar-refractivity contribution in [2.45, 2.75) is 53.1 Å². The maximum Gasteiger partial charge on any atom is 0.242 e. The second-order valence-electron chi connectivity index (χ2n) is 9.35. The lowest BCUT2D eigenvalue weighted by atomic mass is 10.1. The number of benzene rings is 2. The molecule has 36 heavy (non-hydrogen) atoms. The Labute approximate surface area is 224 Å². The van der Waals surface area contributed by atoms with E-state index in [2.05, 4.69) is 5.32 Å². The minimum atomic E-state index is -3.54. The average molecular weight is 557 g/mol. The monoisotopic (exact) mass is 555 g/mol. The Bertz CT molecular complexity index is 1150. The van der Waals surface area contributed by atoms with Crippen LogP contribution in [0.2, 0.25) is 10.0 Å². The summed E-state index contributed by atoms with van der Waals surface area (Å²) in [6.45, 7) is 8.33. The number of aryl methyl sites for hydroxylation is 1. The molecular weight excluding hydrogens is 521 g/mol. The van der Waals surface area contributed by atoms with Gasteiger partial charge in [-0.25, -0.2) is 8.42 Å². The highest BCUT2D eigenvalue weighted by Crippen LogP contribution is 2.24. The predicted molar refractivity (Wildman–Crippen MR) is 147 cm³/mol. The standard InChI is InChI=1S/C26H35Cl2N3O4S/c1-18(2)16-29-26(33)20(4)30(17-21-10-11-22(27)15-24(21)28)25(32)7-6-14-31(36(5,34)35)23-12-8-19(3)9-13-23/h8-13,15,18,20H,6-7,14,16-17H2,1-5H3,(H,29,33)/t20-/m1/s1. The normalized spacial score (nSPS) is 12.3. The fraction of sp³-hybridized carbons (Fsp3) is 0.462. The molecule has 0 saturated heterocycles. The maximum atomic E-state index is 13.3. The molecule has 1 atom stereocenters. The van der Waals surface area contributed by atoms with Gasteiger partial charge in [-0.3, -0.25) is 13.9 Å². The van der Waals surface area contributed by atoms with Crippen LogP contribution in [0.15, 0.2) is 42.5 Å². The van der Waals surface area contributed by atoms with Gasteiger partial charge in [-0.05, 0) is 56.0 Å². The first-order valence-electron chi connectivity index (χ1n) is 11.8. The largest absolute Gasteiger partial charge is 0.354 e. The highest BCUT2D eigenvalue weighted by molar-refractivity contribution is 7.92. The van der Waals surface area contributed by atoms with E-state index in [0.29, 0.717) is 27.8 Å². The minimum Gasteiger partial charge on any atom is -0.354 e. The zero-order valence-electron chi connectivity index (χ0n) is 21.4. The number of hydrogen-bond acceptors (Lipinski definition) is 4. The van der Waals surface area contributed by atoms with Crippen LogP contribution in [0, 0.1) is 12.8 Å². The van der Waals surface area contributed by atoms with E-state index in [1.807, 2.05) is 32.9 Å². The van der Waals surface area contributed by atoms with Crippen LogP contribution in [0.25, 0.3) is 0 Å². The third-order valence-corrected chi connectivity index (χ3v) is 7.46. The third kappa shape index (κ3) is 8.98. The van der Waals surface area contributed by atoms with E-state index < -0.39 is 16.1 Å². The van der Waals surface area contributed by atoms with Crippen LogP contribution in [0.1, 0.15) is 44.7 Å². The summed E-state index contributed by atoms with van der Waals surface area (Å²) in [5, 5.41) is 3.75. The number of sulfonamides is 1. The maximum absolute atomic E-state index is 13.3. The quantitative estimate of drug-likeness (QED) is 0.397. The molecule has 0 radical (unpaired) electrons. The van der Waals surface area contributed by atoms with Crippen LogP contribution < -0.4 is 9.62 Å². The second-order valence-corrected chi connectivity index (χ2v) is 12.1. The van der Waals surface area contributed by atoms with E-state index in [9.17, 15) is 18.0 Å². The number of nitrogens with zero attached hydrogens (tertiary/aromatic N) is 2. The Morgan fingerprint density at radius 3 is 2.22 bits per heavy atom. The van der Waals surface area contributed by atoms with Crippen LogP contribution in [0.4, 0.5) is 5.69 Å². The van der Waals surface area contributed by atoms with Gasteiger partial charge in [-0.2, -0.15) is 0 Å². The number of amides is 2. The van der Waals surface area contributed by atoms with Crippen molar-refractivity contribution < 1.29 is 18.0 Å². The molecule has 2 rings (SSSR count). The molecule has 0 fully saturated rings. The average Bonchev–Trinajstić information content (AvgIpc) is 2.79. The van der Waals surface area contributed by atoms with Gasteiger partial charge in [0, 0.05) is 36.1 Å². The SMILES string of the molecule is Cc1ccc(N(CCCC(=O)N(Cc2ccc(Cl)cc2Cl)[C@H](C)C(=O)NCC(C)C)S(C)(=O)=O)cc1. The van der Waals surface area contributed by atoms with Crippen molar-refractivity contribution in [1.29, 1.82) is 0 Å². The zero-order chi connectivity index (χ0) is 27.0. The number of nitrogens with one attached hydrogen (secondary N) is 1. The van der Waals surface area contributed by atoms with Gasteiger partial charge in [-0.15, -0.1) is 0 Å². The fourth-order valence-electron chi connectivity index (χ4n) is 3.58. The second kappa shape index (κ2) is 13.3. The van der Waals surface area contributed by atoms with Crippen molar-refractivity contribution in [1.82, 2.24) is 10.2 Å². The summed E-state index contributed by atoms with van der Waals surface area (Å²) in [5.41, 5.74) is 2.22. The van der Waals surface area contributed by atoms with Gasteiger partial charge in [0.1, 0.15) is 6.04 Å². The molecule has 7 nitrogen and oxygen atoms in total. The summed E-state index contributed by atoms with van der Waals surface area (Å²) < 4.78 is 26.1. The third-order valence-electron chi connectivity index (χ3n) is 5.68. The lowest BCUT2D eigenvalue weighted by Gasteiger charge is -2.30. The van der Waals surface area contributed by atoms with Gasteiger partial charge < -0.3 is 10.2 Å². The van der Waals surface area contributed by atoms with Gasteiger partial charge in [-0.1, -0.05) is 60.8 Å². The van der Waals surface area contributed by atoms with E-state index in [1.165, 1.54) is 9.21 Å². The van der Waals surface area contributed by atoms with Crippen LogP contribution in [0.5, 0.6) is 0 Å². The molecule has 0 aliphatic heterocycles. The molecule has 0 aromatic heterocycles. The molecule has 198 valence electrons. The number of rotatable bonds is 12. The van der Waals surface area contributed by atoms with Crippen molar-refractivity contribution in [3.63, 3.8) is 0 Å². The summed E-state index contributed by atoms with van der Waals surface area (Å²) in [6.07, 6.45) is 1.49. The van der Waals surface area contributed by atoms with E-state index in [4.69, 9.17) is 23.2 Å². The van der Waals surface area contributed by atoms with E-state index in [0.717, 1.165) is 11.8 Å². The molecule has 1 N–H and O–H groups in total. The molecule has 0 aliphatic rings. The Morgan fingerprint density at radius 1 is 1.03 bits per heavy atom. The first-order chi connectivity index (χ1) is 16.8. The zero-order valence-corrected chi connectivity index (χ0v) is 23.8. The van der Waals surface area contributed by atoms with Crippen LogP contribution in [-0.4, -0.2) is 50.5 Å². The number of carbonyl (C=O) groups excluding carboxylic acids is 2. The van der Waals surface area contributed by atoms with E-state index in [1.54, 1.807) is 37.3 Å². The molecule has 0 aliphatic carbocycles. The van der Waals surface area contributed by atoms with E-state index >= 15 is 0 Å². The van der Waals surface area contributed by atoms with Crippen molar-refractivity contribution in [3.05, 3.63) is 63.6 Å². The lowest BCUT2D eigenvalue weighted by molar-refractivity contribution is -0.140. The molecule has 0 heterocycles. The highest BCUT2D eigenvalue weighted by atomic mass is 35.5. The molecule has 10 heteroatoms. The number of hydrogen-bond donors (Lipinski definition) is 1. The fourth-order valence-corrected chi connectivity index (χ4v) is 5.02. The van der Waals surface area contributed by atoms with Crippen molar-refractivity contribution in [2.24, 2.45) is 5.92 Å². The Balaban J connectivity index is 2.19. The van der Waals surface area contributed by atoms with Gasteiger partial charge in [0.15, 0.2) is 0 Å². The van der Waals surface area contributed by atoms with Gasteiger partial charge in [0.2, 0.25) is 21.8 Å². The summed E-state index contributed by atoms with van der Waals surface area (Å²) in [6, 6.07) is 11.4. The van der Waals surface area contributed by atoms with Gasteiger partial charge in [0.05, 0.1) is 11.9 Å². The van der Waals surface area contributed by atoms with Crippen LogP contribution in [0.3, 0.4) is 0 Å². The smallest absolute Gasteiger partial charge is 0.242 e. The minimum absolute atomic E-state index is 0.0604. The number of halogens is 2. The Morgan fingerprint density at radius 2 is 1.67 bits per heavy atom. The molecule has 0 saturated carbocycles. The van der Waals surface area contributed by atoms with Gasteiger partial charge in [0.25, 0.3) is 0 Å². The summed E-state index contributed by atoms with van der Waals surface area (Å²) in [5.74, 6) is -0.273. The van der Waals surface area contributed by atoms with E-state index in [-0.39, 0.29) is 43.7 Å². The molecule has 0 bridgehead atoms. The molecule has 2 amide bonds. The molecule has 2 aromatic rings. The van der Waals surface area contributed by atoms with Gasteiger partial charge >= 0.3 is 0 Å². The topological polar surface area (TPSA) is 86.8 Å². The lowest BCUT2D eigenvalue weighted by Crippen LogP contribution is -2.48. The first kappa shape index (κ1) is 29.9. The highest BCUT2D eigenvalue weighted by Gasteiger charge is 2.27. The molecule has 2 aromatic carbocycles. The van der Waals surface area contributed by atoms with Crippen molar-refractivity contribution in [3.8, 4) is 0 Å². The molecule has 0 unspecified atom stereocenters. The van der Waals surface area contributed by atoms with Crippen molar-refractivity contribution >= 4 is 50.7 Å². The summed E-state index contributed by atoms with van der Waals surface area (Å²) in [7, 11) is -3.54. The first-order valence-corrected chi connectivity index (χ1v) is 14.5. The number of carbonyl (C=O) groups is 2. The molecule has 0 spiro atoms.